The van der Waals surface area contributed by atoms with Crippen LogP contribution in [-0.4, -0.2) is 19.5 Å². The summed E-state index contributed by atoms with van der Waals surface area (Å²) in [6, 6.07) is 26.2. The van der Waals surface area contributed by atoms with Gasteiger partial charge in [0.25, 0.3) is 11.2 Å². The number of nitro groups is 1. The third kappa shape index (κ3) is 3.22. The molecule has 3 aromatic carbocycles. The highest BCUT2D eigenvalue weighted by molar-refractivity contribution is 5.84. The number of hydrogen-bond donors (Lipinski definition) is 0. The average Bonchev–Trinajstić information content (AvgIpc) is 2.84. The lowest BCUT2D eigenvalue weighted by atomic mass is 10.1. The number of benzene rings is 3. The molecule has 0 aliphatic rings. The number of para-hydroxylation sites is 2. The molecule has 32 heavy (non-hydrogen) atoms. The first-order valence-corrected chi connectivity index (χ1v) is 9.91. The van der Waals surface area contributed by atoms with Crippen molar-refractivity contribution < 1.29 is 4.92 Å². The predicted octanol–water partition coefficient (Wildman–Crippen LogP) is 5.02. The second-order valence-electron chi connectivity index (χ2n) is 7.10. The summed E-state index contributed by atoms with van der Waals surface area (Å²) in [5.74, 6) is 0.320. The van der Waals surface area contributed by atoms with Crippen molar-refractivity contribution in [1.82, 2.24) is 14.5 Å². The number of rotatable bonds is 4. The molecular weight excluding hydrogens is 404 g/mol. The van der Waals surface area contributed by atoms with Gasteiger partial charge in [0, 0.05) is 23.4 Å². The minimum absolute atomic E-state index is 0.137. The number of hydrogen-bond acceptors (Lipinski definition) is 5. The second kappa shape index (κ2) is 7.88. The fourth-order valence-corrected chi connectivity index (χ4v) is 3.76. The summed E-state index contributed by atoms with van der Waals surface area (Å²) in [4.78, 5) is 34.4. The van der Waals surface area contributed by atoms with Crippen LogP contribution >= 0.6 is 0 Å². The van der Waals surface area contributed by atoms with Crippen LogP contribution in [0.5, 0.6) is 0 Å². The molecule has 0 saturated heterocycles. The Bertz CT molecular complexity index is 1510. The second-order valence-corrected chi connectivity index (χ2v) is 7.10. The molecule has 0 spiro atoms. The van der Waals surface area contributed by atoms with Gasteiger partial charge in [-0.25, -0.2) is 4.98 Å². The molecule has 154 valence electrons. The van der Waals surface area contributed by atoms with Gasteiger partial charge < -0.3 is 0 Å². The van der Waals surface area contributed by atoms with Gasteiger partial charge in [-0.3, -0.25) is 24.5 Å². The van der Waals surface area contributed by atoms with E-state index < -0.39 is 4.92 Å². The lowest BCUT2D eigenvalue weighted by molar-refractivity contribution is -0.384. The van der Waals surface area contributed by atoms with E-state index in [1.807, 2.05) is 30.3 Å². The Morgan fingerprint density at radius 2 is 1.56 bits per heavy atom. The van der Waals surface area contributed by atoms with Crippen molar-refractivity contribution in [2.75, 3.05) is 0 Å². The van der Waals surface area contributed by atoms with Crippen LogP contribution in [0, 0.1) is 10.1 Å². The first kappa shape index (κ1) is 19.3. The normalized spacial score (nSPS) is 10.9. The maximum Gasteiger partial charge on any atom is 0.294 e. The molecule has 0 saturated carbocycles. The number of fused-ring (bicyclic) bond motifs is 1. The van der Waals surface area contributed by atoms with Gasteiger partial charge in [0.15, 0.2) is 0 Å². The van der Waals surface area contributed by atoms with Crippen molar-refractivity contribution in [1.29, 1.82) is 0 Å². The van der Waals surface area contributed by atoms with Crippen LogP contribution in [0.3, 0.4) is 0 Å². The summed E-state index contributed by atoms with van der Waals surface area (Å²) in [7, 11) is 0. The zero-order chi connectivity index (χ0) is 22.1. The molecule has 5 rings (SSSR count). The molecule has 0 aliphatic carbocycles. The van der Waals surface area contributed by atoms with E-state index in [1.165, 1.54) is 10.6 Å². The molecule has 0 bridgehead atoms. The van der Waals surface area contributed by atoms with Gasteiger partial charge in [-0.05, 0) is 24.3 Å². The van der Waals surface area contributed by atoms with Gasteiger partial charge in [0.05, 0.1) is 21.5 Å². The number of nitrogens with zero attached hydrogens (tertiary/aromatic N) is 4. The summed E-state index contributed by atoms with van der Waals surface area (Å²) in [6.07, 6.45) is 1.61. The predicted molar refractivity (Wildman–Crippen MR) is 123 cm³/mol. The average molecular weight is 420 g/mol. The molecule has 7 nitrogen and oxygen atoms in total. The van der Waals surface area contributed by atoms with Gasteiger partial charge in [-0.15, -0.1) is 0 Å². The SMILES string of the molecule is O=c1c2ccccc2nc(-c2ccccc2)n1-c1c(-c2ccccn2)cccc1[N+](=O)[O-]. The summed E-state index contributed by atoms with van der Waals surface area (Å²) in [5.41, 5.74) is 1.72. The van der Waals surface area contributed by atoms with Crippen molar-refractivity contribution >= 4 is 16.6 Å². The Kier molecular flexibility index (Phi) is 4.76. The minimum Gasteiger partial charge on any atom is -0.268 e. The zero-order valence-corrected chi connectivity index (χ0v) is 16.8. The lowest BCUT2D eigenvalue weighted by Gasteiger charge is -2.17. The first-order valence-electron chi connectivity index (χ1n) is 9.91. The van der Waals surface area contributed by atoms with Crippen molar-refractivity contribution in [3.63, 3.8) is 0 Å². The van der Waals surface area contributed by atoms with Gasteiger partial charge in [-0.2, -0.15) is 0 Å². The van der Waals surface area contributed by atoms with Crippen LogP contribution in [0.1, 0.15) is 0 Å². The molecule has 0 amide bonds. The van der Waals surface area contributed by atoms with Crippen molar-refractivity contribution in [2.45, 2.75) is 0 Å². The van der Waals surface area contributed by atoms with E-state index in [2.05, 4.69) is 4.98 Å². The number of aromatic nitrogens is 3. The molecule has 0 fully saturated rings. The summed E-state index contributed by atoms with van der Waals surface area (Å²) in [6.45, 7) is 0. The Morgan fingerprint density at radius 3 is 2.31 bits per heavy atom. The van der Waals surface area contributed by atoms with E-state index in [4.69, 9.17) is 4.98 Å². The minimum atomic E-state index is -0.488. The van der Waals surface area contributed by atoms with Gasteiger partial charge in [0.2, 0.25) is 0 Å². The van der Waals surface area contributed by atoms with Crippen molar-refractivity contribution in [3.05, 3.63) is 118 Å². The Morgan fingerprint density at radius 1 is 0.812 bits per heavy atom. The Labute approximate surface area is 182 Å². The molecule has 0 atom stereocenters. The molecular formula is C25H16N4O3. The smallest absolute Gasteiger partial charge is 0.268 e. The number of pyridine rings is 1. The summed E-state index contributed by atoms with van der Waals surface area (Å²) < 4.78 is 1.33. The molecule has 0 radical (unpaired) electrons. The third-order valence-electron chi connectivity index (χ3n) is 5.18. The van der Waals surface area contributed by atoms with Crippen molar-refractivity contribution in [3.8, 4) is 28.3 Å². The largest absolute Gasteiger partial charge is 0.294 e. The molecule has 0 N–H and O–H groups in total. The van der Waals surface area contributed by atoms with E-state index >= 15 is 0 Å². The third-order valence-corrected chi connectivity index (χ3v) is 5.18. The van der Waals surface area contributed by atoms with Crippen LogP contribution < -0.4 is 5.56 Å². The van der Waals surface area contributed by atoms with Gasteiger partial charge in [0.1, 0.15) is 11.5 Å². The quantitative estimate of drug-likeness (QED) is 0.301. The van der Waals surface area contributed by atoms with E-state index in [1.54, 1.807) is 60.8 Å². The molecule has 5 aromatic rings. The maximum absolute atomic E-state index is 13.8. The van der Waals surface area contributed by atoms with Crippen LogP contribution in [0.25, 0.3) is 39.2 Å². The van der Waals surface area contributed by atoms with Gasteiger partial charge in [-0.1, -0.05) is 60.7 Å². The van der Waals surface area contributed by atoms with Crippen LogP contribution in [-0.2, 0) is 0 Å². The maximum atomic E-state index is 13.8. The highest BCUT2D eigenvalue weighted by Crippen LogP contribution is 2.35. The standard InChI is InChI=1S/C25H16N4O3/c30-25-19-11-4-5-14-21(19)27-24(17-9-2-1-3-10-17)28(25)23-18(20-13-6-7-16-26-20)12-8-15-22(23)29(31)32/h1-16H. The van der Waals surface area contributed by atoms with Crippen LogP contribution in [0.2, 0.25) is 0 Å². The fourth-order valence-electron chi connectivity index (χ4n) is 3.76. The first-order chi connectivity index (χ1) is 15.6. The Hall–Kier alpha value is -4.65. The van der Waals surface area contributed by atoms with Crippen LogP contribution in [0.4, 0.5) is 5.69 Å². The van der Waals surface area contributed by atoms with E-state index in [0.717, 1.165) is 0 Å². The highest BCUT2D eigenvalue weighted by atomic mass is 16.6. The van der Waals surface area contributed by atoms with E-state index in [-0.39, 0.29) is 16.9 Å². The Balaban J connectivity index is 1.97. The van der Waals surface area contributed by atoms with E-state index in [0.29, 0.717) is 33.5 Å². The molecule has 2 heterocycles. The zero-order valence-electron chi connectivity index (χ0n) is 16.8. The van der Waals surface area contributed by atoms with E-state index in [9.17, 15) is 14.9 Å². The van der Waals surface area contributed by atoms with Crippen LogP contribution in [0.15, 0.2) is 102 Å². The number of nitro benzene ring substituents is 1. The highest BCUT2D eigenvalue weighted by Gasteiger charge is 2.25. The molecule has 0 aliphatic heterocycles. The molecule has 7 heteroatoms. The molecule has 2 aromatic heterocycles. The van der Waals surface area contributed by atoms with Crippen molar-refractivity contribution in [2.24, 2.45) is 0 Å². The fraction of sp³-hybridized carbons (Fsp3) is 0. The lowest BCUT2D eigenvalue weighted by Crippen LogP contribution is -2.23. The van der Waals surface area contributed by atoms with Gasteiger partial charge >= 0.3 is 0 Å². The summed E-state index contributed by atoms with van der Waals surface area (Å²) in [5, 5.41) is 12.4. The topological polar surface area (TPSA) is 90.9 Å². The monoisotopic (exact) mass is 420 g/mol. The molecule has 0 unspecified atom stereocenters. The summed E-state index contributed by atoms with van der Waals surface area (Å²) >= 11 is 0.